The van der Waals surface area contributed by atoms with Crippen LogP contribution in [0.25, 0.3) is 0 Å². The van der Waals surface area contributed by atoms with Gasteiger partial charge in [-0.15, -0.1) is 11.3 Å². The molecule has 1 aliphatic heterocycles. The highest BCUT2D eigenvalue weighted by atomic mass is 79.9. The number of methoxy groups -OCH3 is 1. The minimum Gasteiger partial charge on any atom is -0.384 e. The summed E-state index contributed by atoms with van der Waals surface area (Å²) < 4.78 is 6.19. The largest absolute Gasteiger partial charge is 0.384 e. The molecular weight excluding hydrogens is 302 g/mol. The third-order valence-corrected chi connectivity index (χ3v) is 5.17. The van der Waals surface area contributed by atoms with Crippen LogP contribution in [0.2, 0.25) is 0 Å². The average Bonchev–Trinajstić information content (AvgIpc) is 2.87. The summed E-state index contributed by atoms with van der Waals surface area (Å²) in [6.45, 7) is 4.43. The van der Waals surface area contributed by atoms with Gasteiger partial charge in [-0.1, -0.05) is 0 Å². The van der Waals surface area contributed by atoms with Gasteiger partial charge < -0.3 is 9.64 Å². The maximum absolute atomic E-state index is 12.2. The van der Waals surface area contributed by atoms with E-state index in [0.717, 1.165) is 40.3 Å². The van der Waals surface area contributed by atoms with Gasteiger partial charge in [0.15, 0.2) is 0 Å². The highest BCUT2D eigenvalue weighted by molar-refractivity contribution is 9.11. The number of ether oxygens (including phenoxy) is 1. The fourth-order valence-corrected chi connectivity index (χ4v) is 3.61. The van der Waals surface area contributed by atoms with E-state index in [1.807, 2.05) is 17.9 Å². The van der Waals surface area contributed by atoms with Crippen molar-refractivity contribution in [1.29, 1.82) is 0 Å². The monoisotopic (exact) mass is 317 g/mol. The predicted octanol–water partition coefficient (Wildman–Crippen LogP) is 2.93. The Morgan fingerprint density at radius 1 is 1.71 bits per heavy atom. The molecule has 1 saturated heterocycles. The van der Waals surface area contributed by atoms with Crippen LogP contribution in [-0.2, 0) is 4.74 Å². The molecule has 5 heteroatoms. The first-order valence-corrected chi connectivity index (χ1v) is 7.27. The molecule has 0 N–H and O–H groups in total. The third-order valence-electron chi connectivity index (χ3n) is 3.04. The van der Waals surface area contributed by atoms with Crippen molar-refractivity contribution >= 4 is 33.2 Å². The smallest absolute Gasteiger partial charge is 0.263 e. The van der Waals surface area contributed by atoms with Crippen LogP contribution in [0.5, 0.6) is 0 Å². The van der Waals surface area contributed by atoms with Gasteiger partial charge in [0.25, 0.3) is 5.91 Å². The molecule has 1 aromatic heterocycles. The Morgan fingerprint density at radius 3 is 3.06 bits per heavy atom. The van der Waals surface area contributed by atoms with Gasteiger partial charge in [0.2, 0.25) is 0 Å². The first kappa shape index (κ1) is 13.1. The van der Waals surface area contributed by atoms with Crippen LogP contribution >= 0.6 is 27.3 Å². The number of nitrogens with zero attached hydrogens (tertiary/aromatic N) is 1. The molecule has 1 fully saturated rings. The predicted molar refractivity (Wildman–Crippen MR) is 72.6 cm³/mol. The molecule has 17 heavy (non-hydrogen) atoms. The van der Waals surface area contributed by atoms with Crippen molar-refractivity contribution in [3.63, 3.8) is 0 Å². The SMILES string of the molecule is COCC1CCN(C(=O)c2cc(C)c(Br)s2)C1. The van der Waals surface area contributed by atoms with E-state index in [2.05, 4.69) is 15.9 Å². The fraction of sp³-hybridized carbons (Fsp3) is 0.583. The number of amides is 1. The van der Waals surface area contributed by atoms with Gasteiger partial charge in [-0.3, -0.25) is 4.79 Å². The number of likely N-dealkylation sites (tertiary alicyclic amines) is 1. The van der Waals surface area contributed by atoms with Crippen LogP contribution in [-0.4, -0.2) is 37.6 Å². The zero-order chi connectivity index (χ0) is 12.4. The van der Waals surface area contributed by atoms with Crippen molar-refractivity contribution < 1.29 is 9.53 Å². The summed E-state index contributed by atoms with van der Waals surface area (Å²) in [5.41, 5.74) is 1.13. The summed E-state index contributed by atoms with van der Waals surface area (Å²) in [5, 5.41) is 0. The third kappa shape index (κ3) is 2.89. The van der Waals surface area contributed by atoms with Crippen LogP contribution in [0.15, 0.2) is 9.85 Å². The summed E-state index contributed by atoms with van der Waals surface area (Å²) >= 11 is 4.98. The number of aryl methyl sites for hydroxylation is 1. The molecule has 94 valence electrons. The average molecular weight is 318 g/mol. The zero-order valence-corrected chi connectivity index (χ0v) is 12.4. The fourth-order valence-electron chi connectivity index (χ4n) is 2.11. The van der Waals surface area contributed by atoms with Gasteiger partial charge in [-0.2, -0.15) is 0 Å². The summed E-state index contributed by atoms with van der Waals surface area (Å²) in [6.07, 6.45) is 1.05. The number of hydrogen-bond acceptors (Lipinski definition) is 3. The molecule has 1 aromatic rings. The first-order chi connectivity index (χ1) is 8.11. The molecule has 0 saturated carbocycles. The zero-order valence-electron chi connectivity index (χ0n) is 10.0. The minimum atomic E-state index is 0.155. The molecule has 0 bridgehead atoms. The van der Waals surface area contributed by atoms with Crippen LogP contribution < -0.4 is 0 Å². The van der Waals surface area contributed by atoms with E-state index >= 15 is 0 Å². The molecular formula is C12H16BrNO2S. The molecule has 2 heterocycles. The number of hydrogen-bond donors (Lipinski definition) is 0. The Balaban J connectivity index is 2.02. The quantitative estimate of drug-likeness (QED) is 0.857. The van der Waals surface area contributed by atoms with Gasteiger partial charge in [0, 0.05) is 26.1 Å². The summed E-state index contributed by atoms with van der Waals surface area (Å²) in [6, 6.07) is 1.96. The van der Waals surface area contributed by atoms with Crippen molar-refractivity contribution in [3.8, 4) is 0 Å². The standard InChI is InChI=1S/C12H16BrNO2S/c1-8-5-10(17-11(8)13)12(15)14-4-3-9(6-14)7-16-2/h5,9H,3-4,6-7H2,1-2H3. The first-order valence-electron chi connectivity index (χ1n) is 5.66. The molecule has 1 amide bonds. The van der Waals surface area contributed by atoms with E-state index in [9.17, 15) is 4.79 Å². The van der Waals surface area contributed by atoms with Gasteiger partial charge in [-0.25, -0.2) is 0 Å². The lowest BCUT2D eigenvalue weighted by Gasteiger charge is -2.15. The highest BCUT2D eigenvalue weighted by Gasteiger charge is 2.27. The lowest BCUT2D eigenvalue weighted by atomic mass is 10.1. The Hall–Kier alpha value is -0.390. The van der Waals surface area contributed by atoms with E-state index in [0.29, 0.717) is 5.92 Å². The highest BCUT2D eigenvalue weighted by Crippen LogP contribution is 2.29. The second-order valence-electron chi connectivity index (χ2n) is 4.43. The van der Waals surface area contributed by atoms with E-state index < -0.39 is 0 Å². The number of carbonyl (C=O) groups is 1. The van der Waals surface area contributed by atoms with E-state index in [-0.39, 0.29) is 5.91 Å². The number of rotatable bonds is 3. The normalized spacial score (nSPS) is 19.9. The number of halogens is 1. The molecule has 3 nitrogen and oxygen atoms in total. The molecule has 0 aromatic carbocycles. The van der Waals surface area contributed by atoms with Crippen molar-refractivity contribution in [3.05, 3.63) is 20.3 Å². The van der Waals surface area contributed by atoms with Crippen molar-refractivity contribution in [1.82, 2.24) is 4.90 Å². The Morgan fingerprint density at radius 2 is 2.47 bits per heavy atom. The van der Waals surface area contributed by atoms with Crippen LogP contribution in [0.4, 0.5) is 0 Å². The van der Waals surface area contributed by atoms with Crippen molar-refractivity contribution in [2.45, 2.75) is 13.3 Å². The number of thiophene rings is 1. The van der Waals surface area contributed by atoms with Gasteiger partial charge in [0.1, 0.15) is 0 Å². The summed E-state index contributed by atoms with van der Waals surface area (Å²) in [5.74, 6) is 0.649. The molecule has 2 rings (SSSR count). The molecule has 1 unspecified atom stereocenters. The van der Waals surface area contributed by atoms with Gasteiger partial charge in [-0.05, 0) is 40.9 Å². The summed E-state index contributed by atoms with van der Waals surface area (Å²) in [7, 11) is 1.71. The van der Waals surface area contributed by atoms with Crippen LogP contribution in [0.3, 0.4) is 0 Å². The molecule has 0 aliphatic carbocycles. The van der Waals surface area contributed by atoms with Gasteiger partial charge >= 0.3 is 0 Å². The molecule has 1 aliphatic rings. The second-order valence-corrected chi connectivity index (χ2v) is 6.80. The van der Waals surface area contributed by atoms with E-state index in [1.54, 1.807) is 7.11 Å². The maximum Gasteiger partial charge on any atom is 0.263 e. The van der Waals surface area contributed by atoms with Crippen molar-refractivity contribution in [2.75, 3.05) is 26.8 Å². The minimum absolute atomic E-state index is 0.155. The molecule has 0 radical (unpaired) electrons. The molecule has 0 spiro atoms. The number of carbonyl (C=O) groups excluding carboxylic acids is 1. The van der Waals surface area contributed by atoms with E-state index in [1.165, 1.54) is 11.3 Å². The second kappa shape index (κ2) is 5.50. The maximum atomic E-state index is 12.2. The Bertz CT molecular complexity index is 399. The van der Waals surface area contributed by atoms with Crippen LogP contribution in [0, 0.1) is 12.8 Å². The molecule has 1 atom stereocenters. The van der Waals surface area contributed by atoms with Gasteiger partial charge in [0.05, 0.1) is 15.3 Å². The Labute approximate surface area is 114 Å². The summed E-state index contributed by atoms with van der Waals surface area (Å²) in [4.78, 5) is 15.0. The van der Waals surface area contributed by atoms with E-state index in [4.69, 9.17) is 4.74 Å². The lowest BCUT2D eigenvalue weighted by molar-refractivity contribution is 0.0780. The van der Waals surface area contributed by atoms with Crippen LogP contribution in [0.1, 0.15) is 21.7 Å². The Kier molecular flexibility index (Phi) is 4.22. The topological polar surface area (TPSA) is 29.5 Å². The lowest BCUT2D eigenvalue weighted by Crippen LogP contribution is -2.28. The van der Waals surface area contributed by atoms with Crippen molar-refractivity contribution in [2.24, 2.45) is 5.92 Å².